The molecule has 80 valence electrons. The molecular formula is C10H17NO3. The third-order valence-electron chi connectivity index (χ3n) is 1.72. The van der Waals surface area contributed by atoms with Crippen molar-refractivity contribution in [2.75, 3.05) is 6.54 Å². The summed E-state index contributed by atoms with van der Waals surface area (Å²) in [5, 5.41) is 11.2. The van der Waals surface area contributed by atoms with Crippen molar-refractivity contribution in [3.63, 3.8) is 0 Å². The van der Waals surface area contributed by atoms with Crippen LogP contribution in [0.1, 0.15) is 27.2 Å². The Bertz CT molecular complexity index is 242. The number of nitrogens with one attached hydrogen (secondary N) is 1. The molecule has 0 heterocycles. The molecule has 0 saturated carbocycles. The summed E-state index contributed by atoms with van der Waals surface area (Å²) in [5.41, 5.74) is 0.925. The van der Waals surface area contributed by atoms with Gasteiger partial charge >= 0.3 is 5.97 Å². The minimum Gasteiger partial charge on any atom is -0.481 e. The molecule has 0 bridgehead atoms. The van der Waals surface area contributed by atoms with Crippen LogP contribution in [0, 0.1) is 5.92 Å². The van der Waals surface area contributed by atoms with E-state index >= 15 is 0 Å². The van der Waals surface area contributed by atoms with Gasteiger partial charge in [-0.2, -0.15) is 0 Å². The number of hydrogen-bond donors (Lipinski definition) is 2. The first-order chi connectivity index (χ1) is 6.43. The van der Waals surface area contributed by atoms with Gasteiger partial charge in [0.05, 0.1) is 5.92 Å². The van der Waals surface area contributed by atoms with E-state index in [-0.39, 0.29) is 5.91 Å². The van der Waals surface area contributed by atoms with Gasteiger partial charge in [0, 0.05) is 12.6 Å². The highest BCUT2D eigenvalue weighted by Crippen LogP contribution is 1.99. The first-order valence-electron chi connectivity index (χ1n) is 4.59. The maximum absolute atomic E-state index is 11.1. The zero-order valence-electron chi connectivity index (χ0n) is 8.83. The van der Waals surface area contributed by atoms with Crippen molar-refractivity contribution in [3.8, 4) is 0 Å². The number of allylic oxidation sites excluding steroid dienone is 1. The lowest BCUT2D eigenvalue weighted by atomic mass is 10.1. The summed E-state index contributed by atoms with van der Waals surface area (Å²) in [5.74, 6) is -1.41. The molecule has 0 aromatic heterocycles. The van der Waals surface area contributed by atoms with Crippen molar-refractivity contribution < 1.29 is 14.7 Å². The van der Waals surface area contributed by atoms with Crippen LogP contribution in [0.5, 0.6) is 0 Å². The molecule has 0 rings (SSSR count). The topological polar surface area (TPSA) is 66.4 Å². The van der Waals surface area contributed by atoms with Gasteiger partial charge in [-0.1, -0.05) is 12.5 Å². The fraction of sp³-hybridized carbons (Fsp3) is 0.600. The van der Waals surface area contributed by atoms with Crippen molar-refractivity contribution in [3.05, 3.63) is 11.6 Å². The van der Waals surface area contributed by atoms with Crippen molar-refractivity contribution in [2.24, 2.45) is 5.92 Å². The molecule has 0 saturated heterocycles. The molecule has 0 aromatic carbocycles. The van der Waals surface area contributed by atoms with Crippen LogP contribution in [0.15, 0.2) is 11.6 Å². The van der Waals surface area contributed by atoms with Crippen LogP contribution in [0.3, 0.4) is 0 Å². The molecule has 14 heavy (non-hydrogen) atoms. The van der Waals surface area contributed by atoms with E-state index in [1.54, 1.807) is 6.92 Å². The fourth-order valence-electron chi connectivity index (χ4n) is 0.849. The number of carboxylic acids is 1. The molecule has 0 aliphatic heterocycles. The second-order valence-electron chi connectivity index (χ2n) is 3.54. The van der Waals surface area contributed by atoms with E-state index in [0.717, 1.165) is 5.57 Å². The zero-order chi connectivity index (χ0) is 11.1. The minimum atomic E-state index is -0.832. The summed E-state index contributed by atoms with van der Waals surface area (Å²) in [6, 6.07) is 0. The molecular weight excluding hydrogens is 182 g/mol. The largest absolute Gasteiger partial charge is 0.481 e. The van der Waals surface area contributed by atoms with Gasteiger partial charge in [0.25, 0.3) is 0 Å². The first-order valence-corrected chi connectivity index (χ1v) is 4.59. The predicted molar refractivity (Wildman–Crippen MR) is 53.9 cm³/mol. The number of rotatable bonds is 5. The number of carboxylic acid groups (broad SMARTS) is 1. The summed E-state index contributed by atoms with van der Waals surface area (Å²) >= 11 is 0. The Hall–Kier alpha value is -1.32. The fourth-order valence-corrected chi connectivity index (χ4v) is 0.849. The molecule has 0 aliphatic carbocycles. The van der Waals surface area contributed by atoms with E-state index in [1.807, 2.05) is 13.8 Å². The quantitative estimate of drug-likeness (QED) is 0.653. The van der Waals surface area contributed by atoms with Gasteiger partial charge < -0.3 is 10.4 Å². The average Bonchev–Trinajstić information content (AvgIpc) is 2.02. The van der Waals surface area contributed by atoms with Crippen LogP contribution in [-0.4, -0.2) is 23.5 Å². The molecule has 4 heteroatoms. The lowest BCUT2D eigenvalue weighted by Gasteiger charge is -2.06. The zero-order valence-corrected chi connectivity index (χ0v) is 8.83. The number of hydrogen-bond acceptors (Lipinski definition) is 2. The summed E-state index contributed by atoms with van der Waals surface area (Å²) in [6.45, 7) is 5.68. The lowest BCUT2D eigenvalue weighted by Crippen LogP contribution is -2.25. The van der Waals surface area contributed by atoms with Crippen LogP contribution in [0.25, 0.3) is 0 Å². The average molecular weight is 199 g/mol. The van der Waals surface area contributed by atoms with Crippen LogP contribution < -0.4 is 5.32 Å². The number of aliphatic carboxylic acids is 1. The Labute approximate surface area is 84.0 Å². The normalized spacial score (nSPS) is 11.6. The molecule has 0 fully saturated rings. The standard InChI is InChI=1S/C10H17NO3/c1-7(2)6-9(12)11-5-4-8(3)10(13)14/h6,8H,4-5H2,1-3H3,(H,11,12)(H,13,14). The van der Waals surface area contributed by atoms with Gasteiger partial charge in [-0.15, -0.1) is 0 Å². The lowest BCUT2D eigenvalue weighted by molar-refractivity contribution is -0.141. The van der Waals surface area contributed by atoms with E-state index in [1.165, 1.54) is 6.08 Å². The molecule has 0 spiro atoms. The summed E-state index contributed by atoms with van der Waals surface area (Å²) in [6.07, 6.45) is 1.95. The number of carbonyl (C=O) groups is 2. The molecule has 2 N–H and O–H groups in total. The van der Waals surface area contributed by atoms with Crippen LogP contribution in [0.4, 0.5) is 0 Å². The molecule has 4 nitrogen and oxygen atoms in total. The molecule has 1 unspecified atom stereocenters. The Kier molecular flexibility index (Phi) is 5.60. The first kappa shape index (κ1) is 12.7. The van der Waals surface area contributed by atoms with Crippen molar-refractivity contribution in [1.82, 2.24) is 5.32 Å². The van der Waals surface area contributed by atoms with Crippen molar-refractivity contribution in [1.29, 1.82) is 0 Å². The Morgan fingerprint density at radius 2 is 2.00 bits per heavy atom. The highest BCUT2D eigenvalue weighted by molar-refractivity contribution is 5.88. The van der Waals surface area contributed by atoms with E-state index in [0.29, 0.717) is 13.0 Å². The number of carbonyl (C=O) groups excluding carboxylic acids is 1. The summed E-state index contributed by atoms with van der Waals surface area (Å²) in [4.78, 5) is 21.5. The smallest absolute Gasteiger partial charge is 0.306 e. The highest BCUT2D eigenvalue weighted by Gasteiger charge is 2.09. The molecule has 0 aromatic rings. The van der Waals surface area contributed by atoms with E-state index in [2.05, 4.69) is 5.32 Å². The SMILES string of the molecule is CC(C)=CC(=O)NCCC(C)C(=O)O. The van der Waals surface area contributed by atoms with Gasteiger partial charge in [0.1, 0.15) is 0 Å². The monoisotopic (exact) mass is 199 g/mol. The Morgan fingerprint density at radius 3 is 2.43 bits per heavy atom. The second kappa shape index (κ2) is 6.18. The minimum absolute atomic E-state index is 0.164. The Morgan fingerprint density at radius 1 is 1.43 bits per heavy atom. The maximum Gasteiger partial charge on any atom is 0.306 e. The van der Waals surface area contributed by atoms with Crippen LogP contribution in [-0.2, 0) is 9.59 Å². The molecule has 0 aliphatic rings. The van der Waals surface area contributed by atoms with Crippen molar-refractivity contribution >= 4 is 11.9 Å². The van der Waals surface area contributed by atoms with Crippen LogP contribution in [0.2, 0.25) is 0 Å². The van der Waals surface area contributed by atoms with Gasteiger partial charge in [-0.3, -0.25) is 9.59 Å². The molecule has 1 atom stereocenters. The summed E-state index contributed by atoms with van der Waals surface area (Å²) < 4.78 is 0. The third kappa shape index (κ3) is 6.22. The van der Waals surface area contributed by atoms with Gasteiger partial charge in [0.2, 0.25) is 5.91 Å². The molecule has 0 radical (unpaired) electrons. The van der Waals surface area contributed by atoms with E-state index in [9.17, 15) is 9.59 Å². The van der Waals surface area contributed by atoms with E-state index < -0.39 is 11.9 Å². The molecule has 1 amide bonds. The van der Waals surface area contributed by atoms with Gasteiger partial charge in [-0.25, -0.2) is 0 Å². The Balaban J connectivity index is 3.70. The van der Waals surface area contributed by atoms with Gasteiger partial charge in [-0.05, 0) is 20.3 Å². The van der Waals surface area contributed by atoms with Gasteiger partial charge in [0.15, 0.2) is 0 Å². The third-order valence-corrected chi connectivity index (χ3v) is 1.72. The van der Waals surface area contributed by atoms with E-state index in [4.69, 9.17) is 5.11 Å². The predicted octanol–water partition coefficient (Wildman–Crippen LogP) is 1.18. The highest BCUT2D eigenvalue weighted by atomic mass is 16.4. The summed E-state index contributed by atoms with van der Waals surface area (Å²) in [7, 11) is 0. The maximum atomic E-state index is 11.1. The number of amides is 1. The van der Waals surface area contributed by atoms with Crippen LogP contribution >= 0.6 is 0 Å². The van der Waals surface area contributed by atoms with Crippen molar-refractivity contribution in [2.45, 2.75) is 27.2 Å². The second-order valence-corrected chi connectivity index (χ2v) is 3.54.